The Morgan fingerprint density at radius 2 is 1.76 bits per heavy atom. The lowest BCUT2D eigenvalue weighted by molar-refractivity contribution is 0.476. The Kier molecular flexibility index (Phi) is 3.35. The number of aromatic hydroxyl groups is 1. The minimum Gasteiger partial charge on any atom is -0.508 e. The average molecular weight is 320 g/mol. The van der Waals surface area contributed by atoms with E-state index in [-0.39, 0.29) is 5.75 Å². The third kappa shape index (κ3) is 3.17. The van der Waals surface area contributed by atoms with E-state index in [0.29, 0.717) is 5.75 Å². The van der Waals surface area contributed by atoms with Gasteiger partial charge in [0.25, 0.3) is 0 Å². The molecular formula is C15H12O4S2. The van der Waals surface area contributed by atoms with Gasteiger partial charge in [-0.15, -0.1) is 11.3 Å². The number of benzene rings is 2. The van der Waals surface area contributed by atoms with Crippen molar-refractivity contribution >= 4 is 31.5 Å². The topological polar surface area (TPSA) is 63.6 Å². The molecule has 3 aromatic rings. The summed E-state index contributed by atoms with van der Waals surface area (Å²) in [6, 6.07) is 14.1. The van der Waals surface area contributed by atoms with Crippen molar-refractivity contribution in [1.82, 2.24) is 0 Å². The molecule has 0 radical (unpaired) electrons. The molecule has 0 bridgehead atoms. The Hall–Kier alpha value is -2.05. The third-order valence-corrected chi connectivity index (χ3v) is 4.53. The van der Waals surface area contributed by atoms with Gasteiger partial charge in [0.2, 0.25) is 0 Å². The van der Waals surface area contributed by atoms with Crippen LogP contribution in [0.4, 0.5) is 0 Å². The maximum absolute atomic E-state index is 11.1. The Bertz CT molecular complexity index is 893. The zero-order chi connectivity index (χ0) is 15.0. The van der Waals surface area contributed by atoms with Crippen molar-refractivity contribution in [1.29, 1.82) is 0 Å². The van der Waals surface area contributed by atoms with Crippen LogP contribution in [0.25, 0.3) is 20.5 Å². The second kappa shape index (κ2) is 5.05. The van der Waals surface area contributed by atoms with Crippen LogP contribution < -0.4 is 4.18 Å². The molecule has 0 aliphatic heterocycles. The molecule has 0 atom stereocenters. The monoisotopic (exact) mass is 320 g/mol. The van der Waals surface area contributed by atoms with Crippen molar-refractivity contribution in [2.24, 2.45) is 0 Å². The van der Waals surface area contributed by atoms with E-state index in [9.17, 15) is 13.5 Å². The minimum atomic E-state index is -3.51. The van der Waals surface area contributed by atoms with Crippen LogP contribution in [0.1, 0.15) is 0 Å². The average Bonchev–Trinajstić information content (AvgIpc) is 2.80. The van der Waals surface area contributed by atoms with Gasteiger partial charge in [-0.05, 0) is 59.5 Å². The SMILES string of the molecule is CS(=O)(=O)Oc1ccc(-c2cc3ccc(O)cc3s2)cc1. The summed E-state index contributed by atoms with van der Waals surface area (Å²) in [4.78, 5) is 1.04. The van der Waals surface area contributed by atoms with E-state index >= 15 is 0 Å². The van der Waals surface area contributed by atoms with Gasteiger partial charge >= 0.3 is 10.1 Å². The zero-order valence-electron chi connectivity index (χ0n) is 11.1. The van der Waals surface area contributed by atoms with Gasteiger partial charge in [0.1, 0.15) is 11.5 Å². The fraction of sp³-hybridized carbons (Fsp3) is 0.0667. The van der Waals surface area contributed by atoms with Gasteiger partial charge < -0.3 is 9.29 Å². The van der Waals surface area contributed by atoms with Gasteiger partial charge in [0.05, 0.1) is 6.26 Å². The lowest BCUT2D eigenvalue weighted by Gasteiger charge is -2.03. The van der Waals surface area contributed by atoms with E-state index in [4.69, 9.17) is 4.18 Å². The molecule has 21 heavy (non-hydrogen) atoms. The van der Waals surface area contributed by atoms with E-state index in [2.05, 4.69) is 0 Å². The second-order valence-electron chi connectivity index (χ2n) is 4.64. The second-order valence-corrected chi connectivity index (χ2v) is 7.30. The van der Waals surface area contributed by atoms with Gasteiger partial charge in [-0.1, -0.05) is 0 Å². The highest BCUT2D eigenvalue weighted by Gasteiger charge is 2.07. The Labute approximate surface area is 126 Å². The van der Waals surface area contributed by atoms with Crippen LogP contribution in [0.5, 0.6) is 11.5 Å². The van der Waals surface area contributed by atoms with Gasteiger partial charge in [0, 0.05) is 9.58 Å². The first kappa shape index (κ1) is 13.9. The molecule has 6 heteroatoms. The first-order valence-electron chi connectivity index (χ1n) is 6.13. The quantitative estimate of drug-likeness (QED) is 0.749. The lowest BCUT2D eigenvalue weighted by Crippen LogP contribution is -2.05. The predicted octanol–water partition coefficient (Wildman–Crippen LogP) is 3.61. The highest BCUT2D eigenvalue weighted by molar-refractivity contribution is 7.86. The summed E-state index contributed by atoms with van der Waals surface area (Å²) in [5.74, 6) is 0.535. The molecule has 0 amide bonds. The van der Waals surface area contributed by atoms with Gasteiger partial charge in [-0.3, -0.25) is 0 Å². The summed E-state index contributed by atoms with van der Waals surface area (Å²) < 4.78 is 27.9. The molecule has 1 heterocycles. The van der Waals surface area contributed by atoms with E-state index in [1.165, 1.54) is 0 Å². The third-order valence-electron chi connectivity index (χ3n) is 2.89. The van der Waals surface area contributed by atoms with Crippen LogP contribution in [0.15, 0.2) is 48.5 Å². The Morgan fingerprint density at radius 1 is 1.05 bits per heavy atom. The summed E-state index contributed by atoms with van der Waals surface area (Å²) in [5.41, 5.74) is 0.969. The molecule has 4 nitrogen and oxygen atoms in total. The molecular weight excluding hydrogens is 308 g/mol. The van der Waals surface area contributed by atoms with Crippen molar-refractivity contribution < 1.29 is 17.7 Å². The first-order chi connectivity index (χ1) is 9.90. The molecule has 0 saturated heterocycles. The molecule has 0 fully saturated rings. The first-order valence-corrected chi connectivity index (χ1v) is 8.76. The van der Waals surface area contributed by atoms with Crippen LogP contribution in [-0.4, -0.2) is 19.8 Å². The smallest absolute Gasteiger partial charge is 0.306 e. The maximum Gasteiger partial charge on any atom is 0.306 e. The van der Waals surface area contributed by atoms with Crippen molar-refractivity contribution in [3.8, 4) is 21.9 Å². The molecule has 1 aromatic heterocycles. The summed E-state index contributed by atoms with van der Waals surface area (Å²) >= 11 is 1.56. The van der Waals surface area contributed by atoms with Gasteiger partial charge in [0.15, 0.2) is 0 Å². The number of thiophene rings is 1. The lowest BCUT2D eigenvalue weighted by atomic mass is 10.1. The summed E-state index contributed by atoms with van der Waals surface area (Å²) in [6.07, 6.45) is 1.01. The number of hydrogen-bond acceptors (Lipinski definition) is 5. The largest absolute Gasteiger partial charge is 0.508 e. The molecule has 0 saturated carbocycles. The summed E-state index contributed by atoms with van der Waals surface area (Å²) in [5, 5.41) is 10.5. The molecule has 0 unspecified atom stereocenters. The van der Waals surface area contributed by atoms with Gasteiger partial charge in [-0.2, -0.15) is 8.42 Å². The molecule has 1 N–H and O–H groups in total. The number of hydrogen-bond donors (Lipinski definition) is 1. The van der Waals surface area contributed by atoms with Crippen LogP contribution in [0.2, 0.25) is 0 Å². The number of rotatable bonds is 3. The molecule has 0 aliphatic carbocycles. The van der Waals surface area contributed by atoms with E-state index < -0.39 is 10.1 Å². The van der Waals surface area contributed by atoms with E-state index in [0.717, 1.165) is 26.8 Å². The minimum absolute atomic E-state index is 0.243. The fourth-order valence-electron chi connectivity index (χ4n) is 2.01. The van der Waals surface area contributed by atoms with Crippen molar-refractivity contribution in [2.45, 2.75) is 0 Å². The maximum atomic E-state index is 11.1. The number of phenolic OH excluding ortho intramolecular Hbond substituents is 1. The van der Waals surface area contributed by atoms with Crippen molar-refractivity contribution in [2.75, 3.05) is 6.26 Å². The fourth-order valence-corrected chi connectivity index (χ4v) is 3.57. The Morgan fingerprint density at radius 3 is 2.43 bits per heavy atom. The molecule has 108 valence electrons. The molecule has 3 rings (SSSR count). The van der Waals surface area contributed by atoms with Crippen LogP contribution >= 0.6 is 11.3 Å². The van der Waals surface area contributed by atoms with Crippen LogP contribution in [-0.2, 0) is 10.1 Å². The molecule has 0 aliphatic rings. The summed E-state index contributed by atoms with van der Waals surface area (Å²) in [6.45, 7) is 0. The number of fused-ring (bicyclic) bond motifs is 1. The van der Waals surface area contributed by atoms with Gasteiger partial charge in [-0.25, -0.2) is 0 Å². The molecule has 0 spiro atoms. The molecule has 2 aromatic carbocycles. The van der Waals surface area contributed by atoms with Crippen LogP contribution in [0.3, 0.4) is 0 Å². The standard InChI is InChI=1S/C15H12O4S2/c1-21(17,18)19-13-6-3-10(4-7-13)14-8-11-2-5-12(16)9-15(11)20-14/h2-9,16H,1H3. The van der Waals surface area contributed by atoms with Crippen LogP contribution in [0, 0.1) is 0 Å². The van der Waals surface area contributed by atoms with Crippen molar-refractivity contribution in [3.05, 3.63) is 48.5 Å². The Balaban J connectivity index is 1.95. The highest BCUT2D eigenvalue weighted by atomic mass is 32.2. The number of phenols is 1. The summed E-state index contributed by atoms with van der Waals surface area (Å²) in [7, 11) is -3.51. The zero-order valence-corrected chi connectivity index (χ0v) is 12.7. The van der Waals surface area contributed by atoms with Crippen molar-refractivity contribution in [3.63, 3.8) is 0 Å². The normalized spacial score (nSPS) is 11.7. The van der Waals surface area contributed by atoms with E-state index in [1.54, 1.807) is 35.6 Å². The predicted molar refractivity (Wildman–Crippen MR) is 84.4 cm³/mol. The van der Waals surface area contributed by atoms with E-state index in [1.807, 2.05) is 24.3 Å². The highest BCUT2D eigenvalue weighted by Crippen LogP contribution is 2.35.